The molecule has 1 aromatic carbocycles. The number of nitrogens with one attached hydrogen (secondary N) is 3. The fraction of sp³-hybridized carbons (Fsp3) is 0.571. The molecular weight excluding hydrogens is 415 g/mol. The van der Waals surface area contributed by atoms with Gasteiger partial charge in [0.1, 0.15) is 6.61 Å². The Morgan fingerprint density at radius 2 is 1.78 bits per heavy atom. The van der Waals surface area contributed by atoms with Crippen molar-refractivity contribution < 1.29 is 29.3 Å². The molecule has 3 atom stereocenters. The number of hydrogen-bond acceptors (Lipinski definition) is 8. The molecule has 176 valence electrons. The van der Waals surface area contributed by atoms with E-state index in [1.807, 2.05) is 13.8 Å². The van der Waals surface area contributed by atoms with Crippen LogP contribution in [0.1, 0.15) is 32.3 Å². The number of anilines is 1. The Labute approximate surface area is 189 Å². The van der Waals surface area contributed by atoms with Gasteiger partial charge in [0.15, 0.2) is 0 Å². The van der Waals surface area contributed by atoms with Gasteiger partial charge in [-0.15, -0.1) is 0 Å². The van der Waals surface area contributed by atoms with Crippen LogP contribution in [-0.4, -0.2) is 73.6 Å². The molecule has 32 heavy (non-hydrogen) atoms. The van der Waals surface area contributed by atoms with Crippen LogP contribution < -0.4 is 21.7 Å². The summed E-state index contributed by atoms with van der Waals surface area (Å²) in [6.07, 6.45) is -0.956. The van der Waals surface area contributed by atoms with Crippen molar-refractivity contribution in [2.45, 2.75) is 51.5 Å². The van der Waals surface area contributed by atoms with E-state index in [1.165, 1.54) is 0 Å². The largest absolute Gasteiger partial charge is 0.470 e. The van der Waals surface area contributed by atoms with Gasteiger partial charge >= 0.3 is 0 Å². The minimum atomic E-state index is -0.961. The first-order valence-electron chi connectivity index (χ1n) is 10.5. The van der Waals surface area contributed by atoms with Gasteiger partial charge in [-0.05, 0) is 43.0 Å². The molecule has 11 heteroatoms. The van der Waals surface area contributed by atoms with Crippen molar-refractivity contribution in [3.05, 3.63) is 29.8 Å². The first-order chi connectivity index (χ1) is 15.1. The maximum Gasteiger partial charge on any atom is 0.243 e. The monoisotopic (exact) mass is 448 g/mol. The Morgan fingerprint density at radius 3 is 2.34 bits per heavy atom. The number of carbonyl (C=O) groups excluding carboxylic acids is 3. The number of nitrogens with two attached hydrogens (primary N) is 1. The molecule has 0 aliphatic carbocycles. The normalized spacial score (nSPS) is 13.8. The highest BCUT2D eigenvalue weighted by Crippen LogP contribution is 2.10. The molecule has 0 aliphatic heterocycles. The smallest absolute Gasteiger partial charge is 0.243 e. The molecule has 7 N–H and O–H groups in total. The van der Waals surface area contributed by atoms with Crippen LogP contribution in [-0.2, 0) is 20.9 Å². The van der Waals surface area contributed by atoms with Crippen LogP contribution >= 0.6 is 0 Å². The standard InChI is InChI=1S/C21H33BN4O6/c1-13(2)19(24-9-3-4-16(27)17(28)10-23)20(30)25-11-18(29)26-15-7-5-14(6-8-15)12-32-21(22)31/h5-8,13,16-17,19,24,27-28H,3-4,9-12,23H2,1-2H3,(H,25,30)(H,26,29). The first-order valence-corrected chi connectivity index (χ1v) is 10.5. The summed E-state index contributed by atoms with van der Waals surface area (Å²) in [5, 5.41) is 27.6. The number of ether oxygens (including phenoxy) is 1. The molecule has 0 bridgehead atoms. The lowest BCUT2D eigenvalue weighted by Crippen LogP contribution is -2.49. The van der Waals surface area contributed by atoms with E-state index in [0.29, 0.717) is 30.6 Å². The number of rotatable bonds is 14. The Balaban J connectivity index is 2.41. The van der Waals surface area contributed by atoms with Gasteiger partial charge in [0.2, 0.25) is 25.5 Å². The molecule has 0 aliphatic rings. The van der Waals surface area contributed by atoms with E-state index in [0.717, 1.165) is 0 Å². The SMILES string of the molecule is [B]C(=O)OCc1ccc(NC(=O)CNC(=O)C(NCCCC(O)C(O)CN)C(C)C)cc1. The zero-order valence-electron chi connectivity index (χ0n) is 18.5. The number of amides is 2. The van der Waals surface area contributed by atoms with E-state index in [2.05, 4.69) is 20.7 Å². The van der Waals surface area contributed by atoms with E-state index in [1.54, 1.807) is 24.3 Å². The molecule has 10 nitrogen and oxygen atoms in total. The van der Waals surface area contributed by atoms with E-state index in [-0.39, 0.29) is 37.4 Å². The van der Waals surface area contributed by atoms with Crippen LogP contribution in [0.2, 0.25) is 0 Å². The lowest BCUT2D eigenvalue weighted by atomic mass is 10.0. The number of hydrogen-bond donors (Lipinski definition) is 6. The van der Waals surface area contributed by atoms with Crippen molar-refractivity contribution in [1.82, 2.24) is 10.6 Å². The molecule has 1 rings (SSSR count). The minimum absolute atomic E-state index is 0.0124. The summed E-state index contributed by atoms with van der Waals surface area (Å²) < 4.78 is 4.69. The van der Waals surface area contributed by atoms with Crippen molar-refractivity contribution in [3.8, 4) is 0 Å². The highest BCUT2D eigenvalue weighted by molar-refractivity contribution is 6.55. The molecule has 0 spiro atoms. The molecule has 0 fully saturated rings. The van der Waals surface area contributed by atoms with E-state index in [4.69, 9.17) is 13.6 Å². The van der Waals surface area contributed by atoms with Crippen molar-refractivity contribution in [2.75, 3.05) is 25.0 Å². The number of benzene rings is 1. The third-order valence-corrected chi connectivity index (χ3v) is 4.72. The molecule has 1 aromatic rings. The Bertz CT molecular complexity index is 732. The maximum absolute atomic E-state index is 12.5. The molecule has 3 unspecified atom stereocenters. The Morgan fingerprint density at radius 1 is 1.12 bits per heavy atom. The van der Waals surface area contributed by atoms with Gasteiger partial charge < -0.3 is 36.6 Å². The number of carbonyl (C=O) groups is 3. The van der Waals surface area contributed by atoms with E-state index < -0.39 is 24.1 Å². The summed E-state index contributed by atoms with van der Waals surface area (Å²) in [5.74, 6) is -1.58. The lowest BCUT2D eigenvalue weighted by Gasteiger charge is -2.22. The lowest BCUT2D eigenvalue weighted by molar-refractivity contribution is -0.126. The van der Waals surface area contributed by atoms with Gasteiger partial charge in [-0.25, -0.2) is 0 Å². The quantitative estimate of drug-likeness (QED) is 0.166. The predicted octanol–water partition coefficient (Wildman–Crippen LogP) is -0.379. The van der Waals surface area contributed by atoms with Crippen molar-refractivity contribution >= 4 is 31.2 Å². The van der Waals surface area contributed by atoms with Gasteiger partial charge in [0, 0.05) is 12.2 Å². The summed E-state index contributed by atoms with van der Waals surface area (Å²) in [7, 11) is 4.92. The number of aliphatic hydroxyl groups excluding tert-OH is 2. The topological polar surface area (TPSA) is 163 Å². The first kappa shape index (κ1) is 27.6. The fourth-order valence-corrected chi connectivity index (χ4v) is 2.87. The van der Waals surface area contributed by atoms with Gasteiger partial charge in [0.25, 0.3) is 0 Å². The highest BCUT2D eigenvalue weighted by Gasteiger charge is 2.22. The van der Waals surface area contributed by atoms with Crippen LogP contribution in [0.5, 0.6) is 0 Å². The highest BCUT2D eigenvalue weighted by atomic mass is 16.5. The minimum Gasteiger partial charge on any atom is -0.470 e. The second-order valence-corrected chi connectivity index (χ2v) is 7.76. The second kappa shape index (κ2) is 14.6. The van der Waals surface area contributed by atoms with Gasteiger partial charge in [-0.3, -0.25) is 14.4 Å². The maximum atomic E-state index is 12.5. The van der Waals surface area contributed by atoms with Crippen molar-refractivity contribution in [1.29, 1.82) is 0 Å². The molecule has 0 saturated carbocycles. The Hall–Kier alpha value is -2.47. The average Bonchev–Trinajstić information content (AvgIpc) is 2.75. The molecule has 0 aromatic heterocycles. The predicted molar refractivity (Wildman–Crippen MR) is 121 cm³/mol. The van der Waals surface area contributed by atoms with Crippen LogP contribution in [0.4, 0.5) is 10.5 Å². The average molecular weight is 448 g/mol. The molecule has 2 amide bonds. The fourth-order valence-electron chi connectivity index (χ4n) is 2.87. The van der Waals surface area contributed by atoms with Gasteiger partial charge in [0.05, 0.1) is 24.8 Å². The van der Waals surface area contributed by atoms with Gasteiger partial charge in [-0.2, -0.15) is 0 Å². The van der Waals surface area contributed by atoms with Crippen LogP contribution in [0.15, 0.2) is 24.3 Å². The van der Waals surface area contributed by atoms with Crippen LogP contribution in [0.25, 0.3) is 0 Å². The van der Waals surface area contributed by atoms with Crippen LogP contribution in [0, 0.1) is 5.92 Å². The van der Waals surface area contributed by atoms with Crippen molar-refractivity contribution in [2.24, 2.45) is 11.7 Å². The second-order valence-electron chi connectivity index (χ2n) is 7.76. The molecule has 0 heterocycles. The zero-order chi connectivity index (χ0) is 24.1. The summed E-state index contributed by atoms with van der Waals surface area (Å²) in [6, 6.07) is 6.14. The summed E-state index contributed by atoms with van der Waals surface area (Å²) >= 11 is 0. The molecular formula is C21H33BN4O6. The third kappa shape index (κ3) is 10.7. The molecule has 0 saturated heterocycles. The molecule has 2 radical (unpaired) electrons. The van der Waals surface area contributed by atoms with Gasteiger partial charge in [-0.1, -0.05) is 26.0 Å². The van der Waals surface area contributed by atoms with Crippen molar-refractivity contribution in [3.63, 3.8) is 0 Å². The van der Waals surface area contributed by atoms with E-state index >= 15 is 0 Å². The number of aliphatic hydroxyl groups is 2. The summed E-state index contributed by atoms with van der Waals surface area (Å²) in [4.78, 5) is 35.2. The summed E-state index contributed by atoms with van der Waals surface area (Å²) in [6.45, 7) is 4.05. The third-order valence-electron chi connectivity index (χ3n) is 4.72. The Kier molecular flexibility index (Phi) is 12.6. The summed E-state index contributed by atoms with van der Waals surface area (Å²) in [5.41, 5.74) is 6.55. The van der Waals surface area contributed by atoms with Crippen LogP contribution in [0.3, 0.4) is 0 Å². The van der Waals surface area contributed by atoms with E-state index in [9.17, 15) is 24.6 Å². The zero-order valence-corrected chi connectivity index (χ0v) is 18.5.